The summed E-state index contributed by atoms with van der Waals surface area (Å²) in [6, 6.07) is 8.87. The summed E-state index contributed by atoms with van der Waals surface area (Å²) < 4.78 is 31.6. The van der Waals surface area contributed by atoms with E-state index in [1.54, 1.807) is 24.9 Å². The minimum Gasteiger partial charge on any atom is -0.457 e. The van der Waals surface area contributed by atoms with Gasteiger partial charge in [-0.1, -0.05) is 52.8 Å². The van der Waals surface area contributed by atoms with Crippen LogP contribution < -0.4 is 0 Å². The lowest BCUT2D eigenvalue weighted by Gasteiger charge is -2.47. The molecule has 1 aromatic carbocycles. The van der Waals surface area contributed by atoms with Crippen LogP contribution in [-0.2, 0) is 44.6 Å². The predicted octanol–water partition coefficient (Wildman–Crippen LogP) is 5.26. The number of Topliss-reactive ketones (excluding diaryl/α,β-unsaturated/α-hetero) is 2. The average molecular weight is 825 g/mol. The summed E-state index contributed by atoms with van der Waals surface area (Å²) in [5.74, 6) is -4.95. The van der Waals surface area contributed by atoms with Crippen LogP contribution in [0.15, 0.2) is 36.5 Å². The van der Waals surface area contributed by atoms with Gasteiger partial charge < -0.3 is 38.6 Å². The van der Waals surface area contributed by atoms with Crippen molar-refractivity contribution in [3.63, 3.8) is 0 Å². The number of hydrogen-bond acceptors (Lipinski definition) is 13. The molecule has 4 heterocycles. The number of methoxy groups -OCH3 is 1. The second kappa shape index (κ2) is 19.0. The van der Waals surface area contributed by atoms with Gasteiger partial charge in [0.05, 0.1) is 29.4 Å². The summed E-state index contributed by atoms with van der Waals surface area (Å²) >= 11 is 0. The molecular weight excluding hydrogens is 757 g/mol. The maximum Gasteiger partial charge on any atom is 0.410 e. The molecule has 1 amide bonds. The topological polar surface area (TPSA) is 157 Å². The second-order valence-electron chi connectivity index (χ2n) is 17.7. The van der Waals surface area contributed by atoms with Gasteiger partial charge in [0.15, 0.2) is 17.7 Å². The van der Waals surface area contributed by atoms with E-state index in [2.05, 4.69) is 9.88 Å². The molecule has 328 valence electrons. The molecule has 1 aromatic heterocycles. The molecule has 13 atom stereocenters. The lowest BCUT2D eigenvalue weighted by molar-refractivity contribution is -0.295. The van der Waals surface area contributed by atoms with Crippen LogP contribution in [0.1, 0.15) is 86.6 Å². The Morgan fingerprint density at radius 2 is 1.68 bits per heavy atom. The van der Waals surface area contributed by atoms with Gasteiger partial charge in [-0.15, -0.1) is 0 Å². The number of likely N-dealkylation sites (N-methyl/N-ethyl adjacent to an activating group) is 2. The number of esters is 1. The summed E-state index contributed by atoms with van der Waals surface area (Å²) in [5.41, 5.74) is -0.657. The van der Waals surface area contributed by atoms with Gasteiger partial charge in [0.2, 0.25) is 0 Å². The number of fused-ring (bicyclic) bond motifs is 2. The Morgan fingerprint density at radius 1 is 0.983 bits per heavy atom. The van der Waals surface area contributed by atoms with E-state index in [1.165, 1.54) is 14.0 Å². The van der Waals surface area contributed by atoms with Crippen LogP contribution in [0.4, 0.5) is 4.79 Å². The fourth-order valence-corrected chi connectivity index (χ4v) is 9.94. The summed E-state index contributed by atoms with van der Waals surface area (Å²) in [7, 11) is 7.23. The predicted molar refractivity (Wildman–Crippen MR) is 222 cm³/mol. The Bertz CT molecular complexity index is 1810. The number of aromatic nitrogens is 1. The largest absolute Gasteiger partial charge is 0.457 e. The SMILES string of the molecule is CC[C@H]1OC(=O)[C@H](C)C(=O)[C@H](C)[C@@H](OC2O[C@H](C)C[C@H](N(C)C)[C@H]2O)[C@@](C)(OC)C[C@@H](C)C(=O)[C@H](C)[C@H]2N(CCN(C)Cc3ccnc4ccccc34)C(=O)O[C@]12CC. The fourth-order valence-electron chi connectivity index (χ4n) is 9.94. The van der Waals surface area contributed by atoms with Crippen molar-refractivity contribution < 1.29 is 48.0 Å². The molecule has 59 heavy (non-hydrogen) atoms. The van der Waals surface area contributed by atoms with Gasteiger partial charge in [0, 0.05) is 62.1 Å². The molecule has 0 aliphatic carbocycles. The van der Waals surface area contributed by atoms with E-state index in [4.69, 9.17) is 23.7 Å². The highest BCUT2D eigenvalue weighted by Gasteiger charge is 2.62. The van der Waals surface area contributed by atoms with Crippen molar-refractivity contribution in [3.8, 4) is 0 Å². The number of aliphatic hydroxyl groups excluding tert-OH is 1. The standard InChI is InChI=1S/C45H68N4O10/c1-13-35-45(14-2)39(49(43(54)59-45)22-21-48(11)25-31-19-20-46-33-18-16-15-17-32(31)33)28(5)36(50)26(3)24-44(8,55-12)40(29(6)37(51)30(7)41(53)57-35)58-42-38(52)34(47(9)10)23-27(4)56-42/h15-20,26-30,34-35,38-40,42,52H,13-14,21-25H2,1-12H3/t26-,27-,28+,29+,30-,34+,35-,38-,39-,40-,42?,44+,45-/m1/s1. The molecular formula is C45H68N4O10. The third-order valence-electron chi connectivity index (χ3n) is 13.4. The van der Waals surface area contributed by atoms with Crippen molar-refractivity contribution >= 4 is 34.5 Å². The van der Waals surface area contributed by atoms with Crippen LogP contribution in [0, 0.1) is 23.7 Å². The number of cyclic esters (lactones) is 1. The molecule has 3 aliphatic heterocycles. The maximum atomic E-state index is 14.9. The van der Waals surface area contributed by atoms with Crippen LogP contribution in [0.2, 0.25) is 0 Å². The zero-order valence-electron chi connectivity index (χ0n) is 37.2. The Kier molecular flexibility index (Phi) is 15.0. The maximum absolute atomic E-state index is 14.9. The molecule has 0 radical (unpaired) electrons. The quantitative estimate of drug-likeness (QED) is 0.232. The first-order valence-corrected chi connectivity index (χ1v) is 21.3. The molecule has 0 bridgehead atoms. The molecule has 1 unspecified atom stereocenters. The van der Waals surface area contributed by atoms with Crippen LogP contribution in [0.5, 0.6) is 0 Å². The number of benzene rings is 1. The molecule has 0 saturated carbocycles. The Morgan fingerprint density at radius 3 is 2.32 bits per heavy atom. The van der Waals surface area contributed by atoms with Gasteiger partial charge in [0.1, 0.15) is 23.9 Å². The van der Waals surface area contributed by atoms with Gasteiger partial charge in [0.25, 0.3) is 0 Å². The van der Waals surface area contributed by atoms with Gasteiger partial charge in [-0.05, 0) is 85.3 Å². The van der Waals surface area contributed by atoms with Crippen LogP contribution >= 0.6 is 0 Å². The number of nitrogens with zero attached hydrogens (tertiary/aromatic N) is 4. The summed E-state index contributed by atoms with van der Waals surface area (Å²) in [6.07, 6.45) is -2.00. The highest BCUT2D eigenvalue weighted by molar-refractivity contribution is 6.00. The first-order chi connectivity index (χ1) is 27.8. The number of aliphatic hydroxyl groups is 1. The number of carbonyl (C=O) groups excluding carboxylic acids is 4. The van der Waals surface area contributed by atoms with Crippen molar-refractivity contribution in [2.24, 2.45) is 23.7 Å². The van der Waals surface area contributed by atoms with E-state index in [0.29, 0.717) is 19.5 Å². The average Bonchev–Trinajstić information content (AvgIpc) is 3.51. The third kappa shape index (κ3) is 9.38. The molecule has 3 fully saturated rings. The van der Waals surface area contributed by atoms with E-state index in [1.807, 2.05) is 91.0 Å². The van der Waals surface area contributed by atoms with E-state index < -0.39 is 83.4 Å². The molecule has 3 aliphatic rings. The number of amides is 1. The smallest absolute Gasteiger partial charge is 0.410 e. The summed E-state index contributed by atoms with van der Waals surface area (Å²) in [4.78, 5) is 67.7. The van der Waals surface area contributed by atoms with E-state index in [-0.39, 0.29) is 43.7 Å². The second-order valence-corrected chi connectivity index (χ2v) is 17.7. The van der Waals surface area contributed by atoms with Crippen molar-refractivity contribution in [2.45, 2.75) is 142 Å². The number of pyridine rings is 1. The van der Waals surface area contributed by atoms with E-state index in [9.17, 15) is 24.3 Å². The van der Waals surface area contributed by atoms with Gasteiger partial charge in [-0.25, -0.2) is 4.79 Å². The zero-order valence-corrected chi connectivity index (χ0v) is 37.2. The number of ketones is 2. The van der Waals surface area contributed by atoms with Crippen molar-refractivity contribution in [1.82, 2.24) is 19.7 Å². The van der Waals surface area contributed by atoms with Gasteiger partial charge >= 0.3 is 12.1 Å². The Balaban J connectivity index is 1.51. The number of ether oxygens (including phenoxy) is 5. The van der Waals surface area contributed by atoms with Crippen LogP contribution in [0.3, 0.4) is 0 Å². The molecule has 1 N–H and O–H groups in total. The number of rotatable bonds is 11. The molecule has 0 spiro atoms. The third-order valence-corrected chi connectivity index (χ3v) is 13.4. The fraction of sp³-hybridized carbons (Fsp3) is 0.711. The Hall–Kier alpha value is -3.53. The van der Waals surface area contributed by atoms with Crippen LogP contribution in [-0.4, -0.2) is 144 Å². The highest BCUT2D eigenvalue weighted by atomic mass is 16.7. The van der Waals surface area contributed by atoms with Gasteiger partial charge in [-0.3, -0.25) is 24.3 Å². The number of hydrogen-bond donors (Lipinski definition) is 1. The molecule has 2 aromatic rings. The molecule has 14 heteroatoms. The van der Waals surface area contributed by atoms with E-state index in [0.717, 1.165) is 16.5 Å². The first kappa shape index (κ1) is 46.5. The normalized spacial score (nSPS) is 36.5. The van der Waals surface area contributed by atoms with Crippen molar-refractivity contribution in [2.75, 3.05) is 41.3 Å². The van der Waals surface area contributed by atoms with Crippen molar-refractivity contribution in [3.05, 3.63) is 42.1 Å². The van der Waals surface area contributed by atoms with E-state index >= 15 is 0 Å². The lowest BCUT2D eigenvalue weighted by Crippen LogP contribution is -2.61. The summed E-state index contributed by atoms with van der Waals surface area (Å²) in [5, 5.41) is 12.5. The summed E-state index contributed by atoms with van der Waals surface area (Å²) in [6.45, 7) is 15.5. The van der Waals surface area contributed by atoms with Crippen LogP contribution in [0.25, 0.3) is 10.9 Å². The number of para-hydroxylation sites is 1. The minimum absolute atomic E-state index is 0.129. The highest BCUT2D eigenvalue weighted by Crippen LogP contribution is 2.45. The Labute approximate surface area is 350 Å². The molecule has 14 nitrogen and oxygen atoms in total. The molecule has 5 rings (SSSR count). The lowest BCUT2D eigenvalue weighted by atomic mass is 9.72. The zero-order chi connectivity index (χ0) is 43.6. The number of carbonyl (C=O) groups is 4. The van der Waals surface area contributed by atoms with Crippen molar-refractivity contribution in [1.29, 1.82) is 0 Å². The molecule has 3 saturated heterocycles. The first-order valence-electron chi connectivity index (χ1n) is 21.3. The monoisotopic (exact) mass is 824 g/mol. The van der Waals surface area contributed by atoms with Gasteiger partial charge in [-0.2, -0.15) is 0 Å². The minimum atomic E-state index is -1.38.